The van der Waals surface area contributed by atoms with E-state index in [2.05, 4.69) is 19.2 Å². The number of unbranched alkanes of at least 4 members (excludes halogenated alkanes) is 1. The summed E-state index contributed by atoms with van der Waals surface area (Å²) in [5, 5.41) is 3.50. The molecule has 1 aliphatic rings. The maximum atomic E-state index is 11.8. The number of methoxy groups -OCH3 is 1. The quantitative estimate of drug-likeness (QED) is 0.710. The Balaban J connectivity index is 2.44. The fraction of sp³-hybridized carbons (Fsp3) is 0.933. The summed E-state index contributed by atoms with van der Waals surface area (Å²) in [6, 6.07) is 0.304. The highest BCUT2D eigenvalue weighted by Gasteiger charge is 2.25. The van der Waals surface area contributed by atoms with Crippen molar-refractivity contribution in [3.8, 4) is 0 Å². The van der Waals surface area contributed by atoms with E-state index < -0.39 is 0 Å². The number of hydrogen-bond donors (Lipinski definition) is 1. The Morgan fingerprint density at radius 1 is 1.33 bits per heavy atom. The number of rotatable bonds is 7. The van der Waals surface area contributed by atoms with Gasteiger partial charge in [-0.15, -0.1) is 0 Å². The van der Waals surface area contributed by atoms with Gasteiger partial charge in [0.15, 0.2) is 0 Å². The van der Waals surface area contributed by atoms with Crippen molar-refractivity contribution in [1.29, 1.82) is 0 Å². The molecule has 0 amide bonds. The molecule has 18 heavy (non-hydrogen) atoms. The van der Waals surface area contributed by atoms with Crippen LogP contribution in [0.2, 0.25) is 0 Å². The Kier molecular flexibility index (Phi) is 7.33. The third-order valence-corrected chi connectivity index (χ3v) is 4.15. The van der Waals surface area contributed by atoms with Crippen molar-refractivity contribution in [2.24, 2.45) is 5.92 Å². The van der Waals surface area contributed by atoms with Crippen LogP contribution in [0.4, 0.5) is 0 Å². The second-order valence-corrected chi connectivity index (χ2v) is 5.57. The van der Waals surface area contributed by atoms with Crippen molar-refractivity contribution in [2.75, 3.05) is 7.11 Å². The van der Waals surface area contributed by atoms with Gasteiger partial charge >= 0.3 is 5.97 Å². The summed E-state index contributed by atoms with van der Waals surface area (Å²) in [5.41, 5.74) is 0. The zero-order chi connectivity index (χ0) is 13.4. The van der Waals surface area contributed by atoms with E-state index in [0.717, 1.165) is 25.2 Å². The highest BCUT2D eigenvalue weighted by atomic mass is 16.5. The SMILES string of the molecule is CCCCC(N[C@H](C)C1CCCCC1)C(=O)OC. The normalized spacial score (nSPS) is 20.4. The van der Waals surface area contributed by atoms with Crippen molar-refractivity contribution in [1.82, 2.24) is 5.32 Å². The fourth-order valence-electron chi connectivity index (χ4n) is 2.91. The molecule has 0 aromatic heterocycles. The summed E-state index contributed by atoms with van der Waals surface area (Å²) in [4.78, 5) is 11.8. The minimum atomic E-state index is -0.119. The van der Waals surface area contributed by atoms with Gasteiger partial charge in [0.25, 0.3) is 0 Å². The van der Waals surface area contributed by atoms with Gasteiger partial charge in [-0.05, 0) is 32.1 Å². The summed E-state index contributed by atoms with van der Waals surface area (Å²) < 4.78 is 4.90. The number of hydrogen-bond acceptors (Lipinski definition) is 3. The summed E-state index contributed by atoms with van der Waals surface area (Å²) in [5.74, 6) is 0.624. The van der Waals surface area contributed by atoms with Crippen molar-refractivity contribution in [2.45, 2.75) is 77.3 Å². The second kappa shape index (κ2) is 8.52. The maximum Gasteiger partial charge on any atom is 0.322 e. The van der Waals surface area contributed by atoms with Crippen LogP contribution in [0.25, 0.3) is 0 Å². The number of ether oxygens (including phenoxy) is 1. The topological polar surface area (TPSA) is 38.3 Å². The number of carbonyl (C=O) groups excluding carboxylic acids is 1. The van der Waals surface area contributed by atoms with Crippen molar-refractivity contribution < 1.29 is 9.53 Å². The molecule has 0 aromatic carbocycles. The van der Waals surface area contributed by atoms with Gasteiger partial charge in [-0.3, -0.25) is 4.79 Å². The molecule has 0 radical (unpaired) electrons. The molecule has 1 fully saturated rings. The summed E-state index contributed by atoms with van der Waals surface area (Å²) in [6.07, 6.45) is 9.74. The summed E-state index contributed by atoms with van der Waals surface area (Å²) in [7, 11) is 1.48. The number of nitrogens with one attached hydrogen (secondary N) is 1. The van der Waals surface area contributed by atoms with Crippen LogP contribution >= 0.6 is 0 Å². The van der Waals surface area contributed by atoms with Crippen LogP contribution in [0.3, 0.4) is 0 Å². The lowest BCUT2D eigenvalue weighted by Gasteiger charge is -2.31. The van der Waals surface area contributed by atoms with Gasteiger partial charge in [0.1, 0.15) is 6.04 Å². The van der Waals surface area contributed by atoms with Crippen LogP contribution in [0.15, 0.2) is 0 Å². The molecule has 1 rings (SSSR count). The van der Waals surface area contributed by atoms with E-state index in [-0.39, 0.29) is 12.0 Å². The van der Waals surface area contributed by atoms with Crippen molar-refractivity contribution in [3.63, 3.8) is 0 Å². The first-order valence-electron chi connectivity index (χ1n) is 7.53. The molecule has 1 saturated carbocycles. The summed E-state index contributed by atoms with van der Waals surface area (Å²) in [6.45, 7) is 4.37. The van der Waals surface area contributed by atoms with Gasteiger partial charge in [-0.2, -0.15) is 0 Å². The smallest absolute Gasteiger partial charge is 0.322 e. The minimum Gasteiger partial charge on any atom is -0.468 e. The zero-order valence-electron chi connectivity index (χ0n) is 12.2. The van der Waals surface area contributed by atoms with Crippen LogP contribution in [-0.2, 0) is 9.53 Å². The van der Waals surface area contributed by atoms with E-state index in [9.17, 15) is 4.79 Å². The molecular formula is C15H29NO2. The predicted octanol–water partition coefficient (Wildman–Crippen LogP) is 3.28. The molecule has 106 valence electrons. The molecule has 0 heterocycles. The molecule has 0 aromatic rings. The third kappa shape index (κ3) is 4.97. The fourth-order valence-corrected chi connectivity index (χ4v) is 2.91. The van der Waals surface area contributed by atoms with E-state index in [1.807, 2.05) is 0 Å². The third-order valence-electron chi connectivity index (χ3n) is 4.15. The maximum absolute atomic E-state index is 11.8. The van der Waals surface area contributed by atoms with Gasteiger partial charge in [0, 0.05) is 6.04 Å². The molecule has 3 heteroatoms. The predicted molar refractivity (Wildman–Crippen MR) is 74.5 cm³/mol. The number of carbonyl (C=O) groups is 1. The second-order valence-electron chi connectivity index (χ2n) is 5.57. The van der Waals surface area contributed by atoms with Gasteiger partial charge in [0.05, 0.1) is 7.11 Å². The molecule has 0 spiro atoms. The Morgan fingerprint density at radius 3 is 2.56 bits per heavy atom. The van der Waals surface area contributed by atoms with Gasteiger partial charge in [0.2, 0.25) is 0 Å². The van der Waals surface area contributed by atoms with E-state index >= 15 is 0 Å². The average Bonchev–Trinajstić information content (AvgIpc) is 2.43. The van der Waals surface area contributed by atoms with Crippen LogP contribution in [-0.4, -0.2) is 25.2 Å². The molecular weight excluding hydrogens is 226 g/mol. The van der Waals surface area contributed by atoms with Gasteiger partial charge in [-0.1, -0.05) is 39.0 Å². The monoisotopic (exact) mass is 255 g/mol. The Hall–Kier alpha value is -0.570. The van der Waals surface area contributed by atoms with Crippen molar-refractivity contribution >= 4 is 5.97 Å². The van der Waals surface area contributed by atoms with Gasteiger partial charge in [-0.25, -0.2) is 0 Å². The Labute approximate surface area is 112 Å². The molecule has 0 aliphatic heterocycles. The van der Waals surface area contributed by atoms with Crippen LogP contribution < -0.4 is 5.32 Å². The molecule has 2 atom stereocenters. The standard InChI is InChI=1S/C15H29NO2/c1-4-5-11-14(15(17)18-3)16-12(2)13-9-7-6-8-10-13/h12-14,16H,4-11H2,1-3H3/t12-,14?/m1/s1. The Bertz CT molecular complexity index is 237. The molecule has 1 unspecified atom stereocenters. The highest BCUT2D eigenvalue weighted by Crippen LogP contribution is 2.26. The first-order chi connectivity index (χ1) is 8.69. The number of esters is 1. The lowest BCUT2D eigenvalue weighted by molar-refractivity contribution is -0.143. The first kappa shape index (κ1) is 15.5. The van der Waals surface area contributed by atoms with Crippen LogP contribution in [0.1, 0.15) is 65.2 Å². The van der Waals surface area contributed by atoms with Crippen LogP contribution in [0, 0.1) is 5.92 Å². The molecule has 0 saturated heterocycles. The van der Waals surface area contributed by atoms with E-state index in [1.54, 1.807) is 0 Å². The van der Waals surface area contributed by atoms with E-state index in [4.69, 9.17) is 4.74 Å². The van der Waals surface area contributed by atoms with E-state index in [1.165, 1.54) is 39.2 Å². The van der Waals surface area contributed by atoms with Crippen LogP contribution in [0.5, 0.6) is 0 Å². The average molecular weight is 255 g/mol. The molecule has 3 nitrogen and oxygen atoms in total. The zero-order valence-corrected chi connectivity index (χ0v) is 12.2. The minimum absolute atomic E-state index is 0.105. The molecule has 1 aliphatic carbocycles. The lowest BCUT2D eigenvalue weighted by atomic mass is 9.84. The highest BCUT2D eigenvalue weighted by molar-refractivity contribution is 5.75. The Morgan fingerprint density at radius 2 is 2.00 bits per heavy atom. The largest absolute Gasteiger partial charge is 0.468 e. The molecule has 0 bridgehead atoms. The summed E-state index contributed by atoms with van der Waals surface area (Å²) >= 11 is 0. The molecule has 1 N–H and O–H groups in total. The van der Waals surface area contributed by atoms with Crippen molar-refractivity contribution in [3.05, 3.63) is 0 Å². The first-order valence-corrected chi connectivity index (χ1v) is 7.53. The van der Waals surface area contributed by atoms with E-state index in [0.29, 0.717) is 6.04 Å². The van der Waals surface area contributed by atoms with Gasteiger partial charge < -0.3 is 10.1 Å². The lowest BCUT2D eigenvalue weighted by Crippen LogP contribution is -2.46.